The molecule has 0 aliphatic carbocycles. The quantitative estimate of drug-likeness (QED) is 0.421. The van der Waals surface area contributed by atoms with E-state index in [1.54, 1.807) is 17.2 Å². The minimum Gasteiger partial charge on any atom is -0.406 e. The van der Waals surface area contributed by atoms with Gasteiger partial charge in [0, 0.05) is 41.4 Å². The van der Waals surface area contributed by atoms with Crippen molar-refractivity contribution in [2.24, 2.45) is 0 Å². The molecule has 0 aromatic heterocycles. The summed E-state index contributed by atoms with van der Waals surface area (Å²) >= 11 is 1.65. The monoisotopic (exact) mass is 550 g/mol. The Balaban J connectivity index is 1.81. The van der Waals surface area contributed by atoms with E-state index in [1.807, 2.05) is 0 Å². The molecular weight excluding hydrogens is 530 g/mol. The lowest BCUT2D eigenvalue weighted by Gasteiger charge is -2.33. The van der Waals surface area contributed by atoms with Gasteiger partial charge in [0.2, 0.25) is 0 Å². The molecule has 0 radical (unpaired) electrons. The minimum atomic E-state index is -4.90. The molecule has 1 aliphatic rings. The Morgan fingerprint density at radius 1 is 1.03 bits per heavy atom. The van der Waals surface area contributed by atoms with Crippen LogP contribution in [-0.2, 0) is 11.3 Å². The van der Waals surface area contributed by atoms with Crippen LogP contribution < -0.4 is 20.5 Å². The summed E-state index contributed by atoms with van der Waals surface area (Å²) in [6.45, 7) is 0.500. The first-order valence-electron chi connectivity index (χ1n) is 10.6. The molecule has 2 N–H and O–H groups in total. The van der Waals surface area contributed by atoms with E-state index < -0.39 is 42.2 Å². The van der Waals surface area contributed by atoms with E-state index in [-0.39, 0.29) is 23.4 Å². The SMILES string of the molecule is O=C(NNC(=O)C(F)F)c1ccc(CN(C(=O)N2CCSCC2)c2ccc(OC(F)(F)F)cc2)c(F)c1. The van der Waals surface area contributed by atoms with E-state index in [1.165, 1.54) is 33.4 Å². The van der Waals surface area contributed by atoms with Crippen molar-refractivity contribution in [1.82, 2.24) is 15.8 Å². The van der Waals surface area contributed by atoms with Crippen LogP contribution >= 0.6 is 11.8 Å². The fourth-order valence-electron chi connectivity index (χ4n) is 3.25. The maximum atomic E-state index is 14.9. The van der Waals surface area contributed by atoms with Crippen molar-refractivity contribution < 1.29 is 45.5 Å². The zero-order valence-electron chi connectivity index (χ0n) is 18.9. The molecule has 2 aromatic carbocycles. The second-order valence-electron chi connectivity index (χ2n) is 7.56. The lowest BCUT2D eigenvalue weighted by atomic mass is 10.1. The highest BCUT2D eigenvalue weighted by atomic mass is 32.2. The number of urea groups is 1. The number of rotatable bonds is 6. The summed E-state index contributed by atoms with van der Waals surface area (Å²) < 4.78 is 80.7. The summed E-state index contributed by atoms with van der Waals surface area (Å²) in [5.41, 5.74) is 3.05. The topological polar surface area (TPSA) is 91.0 Å². The Morgan fingerprint density at radius 2 is 1.68 bits per heavy atom. The highest BCUT2D eigenvalue weighted by Gasteiger charge is 2.31. The van der Waals surface area contributed by atoms with Crippen LogP contribution in [0.15, 0.2) is 42.5 Å². The fraction of sp³-hybridized carbons (Fsp3) is 0.318. The lowest BCUT2D eigenvalue weighted by Crippen LogP contribution is -2.46. The normalized spacial score (nSPS) is 13.8. The van der Waals surface area contributed by atoms with Gasteiger partial charge in [0.25, 0.3) is 5.91 Å². The molecule has 0 unspecified atom stereocenters. The molecule has 15 heteroatoms. The number of amides is 4. The van der Waals surface area contributed by atoms with Gasteiger partial charge in [-0.05, 0) is 36.4 Å². The van der Waals surface area contributed by atoms with Gasteiger partial charge in [0.1, 0.15) is 11.6 Å². The predicted molar refractivity (Wildman–Crippen MR) is 122 cm³/mol. The number of hydrogen-bond donors (Lipinski definition) is 2. The number of halogens is 6. The molecule has 1 fully saturated rings. The molecule has 37 heavy (non-hydrogen) atoms. The summed E-state index contributed by atoms with van der Waals surface area (Å²) in [4.78, 5) is 38.9. The van der Waals surface area contributed by atoms with Gasteiger partial charge in [0.15, 0.2) is 0 Å². The van der Waals surface area contributed by atoms with Crippen molar-refractivity contribution in [1.29, 1.82) is 0 Å². The minimum absolute atomic E-state index is 0.0384. The molecule has 200 valence electrons. The molecule has 1 aliphatic heterocycles. The molecule has 0 saturated carbocycles. The Morgan fingerprint density at radius 3 is 2.24 bits per heavy atom. The van der Waals surface area contributed by atoms with Crippen LogP contribution in [0.3, 0.4) is 0 Å². The van der Waals surface area contributed by atoms with Crippen LogP contribution in [-0.4, -0.2) is 60.1 Å². The van der Waals surface area contributed by atoms with Crippen molar-refractivity contribution in [3.8, 4) is 5.75 Å². The number of hydrogen-bond acceptors (Lipinski definition) is 5. The van der Waals surface area contributed by atoms with Gasteiger partial charge in [-0.2, -0.15) is 20.5 Å². The molecule has 1 heterocycles. The third-order valence-electron chi connectivity index (χ3n) is 5.04. The highest BCUT2D eigenvalue weighted by molar-refractivity contribution is 7.99. The van der Waals surface area contributed by atoms with Gasteiger partial charge >= 0.3 is 24.7 Å². The summed E-state index contributed by atoms with van der Waals surface area (Å²) in [6.07, 6.45) is -8.27. The number of ether oxygens (including phenoxy) is 1. The van der Waals surface area contributed by atoms with Crippen LogP contribution in [0.1, 0.15) is 15.9 Å². The number of alkyl halides is 5. The fourth-order valence-corrected chi connectivity index (χ4v) is 4.16. The molecular formula is C22H20F6N4O4S. The number of anilines is 1. The van der Waals surface area contributed by atoms with E-state index in [0.717, 1.165) is 24.3 Å². The Kier molecular flexibility index (Phi) is 9.13. The van der Waals surface area contributed by atoms with Gasteiger partial charge in [-0.3, -0.25) is 25.3 Å². The molecule has 0 atom stereocenters. The smallest absolute Gasteiger partial charge is 0.406 e. The number of carbonyl (C=O) groups is 3. The maximum absolute atomic E-state index is 14.9. The number of hydrazine groups is 1. The number of thioether (sulfide) groups is 1. The summed E-state index contributed by atoms with van der Waals surface area (Å²) in [5.74, 6) is -2.87. The van der Waals surface area contributed by atoms with Gasteiger partial charge < -0.3 is 9.64 Å². The first kappa shape index (κ1) is 28.0. The average molecular weight is 550 g/mol. The summed E-state index contributed by atoms with van der Waals surface area (Å²) in [5, 5.41) is 0. The third-order valence-corrected chi connectivity index (χ3v) is 5.98. The second-order valence-corrected chi connectivity index (χ2v) is 8.78. The molecule has 2 aromatic rings. The molecule has 0 spiro atoms. The number of nitrogens with one attached hydrogen (secondary N) is 2. The lowest BCUT2D eigenvalue weighted by molar-refractivity contribution is -0.274. The number of nitrogens with zero attached hydrogens (tertiary/aromatic N) is 2. The van der Waals surface area contributed by atoms with Gasteiger partial charge in [-0.1, -0.05) is 6.07 Å². The molecule has 4 amide bonds. The van der Waals surface area contributed by atoms with E-state index in [4.69, 9.17) is 0 Å². The van der Waals surface area contributed by atoms with Crippen LogP contribution in [0.4, 0.5) is 36.8 Å². The Bertz CT molecular complexity index is 1130. The number of benzene rings is 2. The summed E-state index contributed by atoms with van der Waals surface area (Å²) in [6, 6.07) is 7.13. The van der Waals surface area contributed by atoms with Crippen LogP contribution in [0.2, 0.25) is 0 Å². The van der Waals surface area contributed by atoms with Crippen molar-refractivity contribution in [3.63, 3.8) is 0 Å². The average Bonchev–Trinajstić information content (AvgIpc) is 2.86. The van der Waals surface area contributed by atoms with Crippen molar-refractivity contribution in [2.45, 2.75) is 19.3 Å². The van der Waals surface area contributed by atoms with Gasteiger partial charge in [-0.15, -0.1) is 13.2 Å². The van der Waals surface area contributed by atoms with Crippen LogP contribution in [0.5, 0.6) is 5.75 Å². The van der Waals surface area contributed by atoms with Gasteiger partial charge in [0.05, 0.1) is 6.54 Å². The summed E-state index contributed by atoms with van der Waals surface area (Å²) in [7, 11) is 0. The zero-order valence-corrected chi connectivity index (χ0v) is 19.7. The highest BCUT2D eigenvalue weighted by Crippen LogP contribution is 2.28. The van der Waals surface area contributed by atoms with Crippen LogP contribution in [0, 0.1) is 5.82 Å². The van der Waals surface area contributed by atoms with E-state index in [2.05, 4.69) is 4.74 Å². The molecule has 0 bridgehead atoms. The zero-order chi connectivity index (χ0) is 27.2. The molecule has 3 rings (SSSR count). The first-order chi connectivity index (χ1) is 17.4. The standard InChI is InChI=1S/C22H20F6N4O4S/c23-17-11-13(19(33)29-30-20(34)18(24)25)1-2-14(17)12-32(21(35)31-7-9-37-10-8-31)15-3-5-16(6-4-15)36-22(26,27)28/h1-6,11,18H,7-10,12H2,(H,29,33)(H,30,34). The maximum Gasteiger partial charge on any atom is 0.573 e. The largest absolute Gasteiger partial charge is 0.573 e. The van der Waals surface area contributed by atoms with Gasteiger partial charge in [-0.25, -0.2) is 9.18 Å². The van der Waals surface area contributed by atoms with Crippen molar-refractivity contribution >= 4 is 35.3 Å². The second kappa shape index (κ2) is 12.1. The Hall–Kier alpha value is -3.62. The molecule has 8 nitrogen and oxygen atoms in total. The van der Waals surface area contributed by atoms with E-state index >= 15 is 0 Å². The van der Waals surface area contributed by atoms with E-state index in [9.17, 15) is 40.7 Å². The third kappa shape index (κ3) is 7.93. The predicted octanol–water partition coefficient (Wildman–Crippen LogP) is 3.93. The Labute approximate surface area is 210 Å². The number of carbonyl (C=O) groups excluding carboxylic acids is 3. The first-order valence-corrected chi connectivity index (χ1v) is 11.8. The van der Waals surface area contributed by atoms with E-state index in [0.29, 0.717) is 24.6 Å². The van der Waals surface area contributed by atoms with Crippen molar-refractivity contribution in [2.75, 3.05) is 29.5 Å². The van der Waals surface area contributed by atoms with Crippen LogP contribution in [0.25, 0.3) is 0 Å². The van der Waals surface area contributed by atoms with Crippen molar-refractivity contribution in [3.05, 3.63) is 59.4 Å². The molecule has 1 saturated heterocycles.